The molecule has 0 aromatic carbocycles. The molecule has 68 heavy (non-hydrogen) atoms. The Bertz CT molecular complexity index is 1570. The summed E-state index contributed by atoms with van der Waals surface area (Å²) in [4.78, 5) is 108. The molecule has 0 spiro atoms. The van der Waals surface area contributed by atoms with Crippen molar-refractivity contribution in [2.75, 3.05) is 118 Å². The van der Waals surface area contributed by atoms with E-state index in [2.05, 4.69) is 16.0 Å². The first-order valence-electron chi connectivity index (χ1n) is 23.4. The van der Waals surface area contributed by atoms with Crippen LogP contribution in [0.15, 0.2) is 0 Å². The molecule has 1 aliphatic heterocycles. The maximum Gasteiger partial charge on any atom is 0.326 e. The summed E-state index contributed by atoms with van der Waals surface area (Å²) in [6.45, 7) is 24.5. The lowest BCUT2D eigenvalue weighted by molar-refractivity contribution is -0.158. The van der Waals surface area contributed by atoms with E-state index in [1.165, 1.54) is 0 Å². The minimum atomic E-state index is -1.27. The molecule has 0 bridgehead atoms. The van der Waals surface area contributed by atoms with Crippen LogP contribution in [0.3, 0.4) is 0 Å². The second kappa shape index (κ2) is 30.2. The van der Waals surface area contributed by atoms with Gasteiger partial charge in [-0.1, -0.05) is 0 Å². The van der Waals surface area contributed by atoms with E-state index in [4.69, 9.17) is 28.4 Å². The Balaban J connectivity index is 2.73. The summed E-state index contributed by atoms with van der Waals surface area (Å²) in [5, 5.41) is 17.1. The van der Waals surface area contributed by atoms with Gasteiger partial charge in [-0.3, -0.25) is 53.2 Å². The highest BCUT2D eigenvalue weighted by atomic mass is 16.6. The first-order chi connectivity index (χ1) is 31.4. The van der Waals surface area contributed by atoms with Gasteiger partial charge in [0.15, 0.2) is 0 Å². The number of hydrogen-bond donors (Lipinski definition) is 4. The van der Waals surface area contributed by atoms with Crippen molar-refractivity contribution in [1.29, 1.82) is 0 Å². The smallest absolute Gasteiger partial charge is 0.326 e. The number of carbonyl (C=O) groups excluding carboxylic acids is 7. The summed E-state index contributed by atoms with van der Waals surface area (Å²) >= 11 is 0. The molecule has 1 heterocycles. The minimum absolute atomic E-state index is 0.00564. The standard InChI is InChI=1S/C46H83N7O15/c1-43(2,3)65-38(57)14-13-34(42(61)62)49-35(54)15-25-63-27-28-64-26-16-47-36(55)29-48-37(56)30-50-17-19-51(31-39(58)66-44(4,5)6)21-23-53(33-41(60)68-46(10,11)12)24-22-52(20-18-50)32-40(59)67-45(7,8)9/h34H,13-33H2,1-12H3,(H,47,55)(H,48,56)(H,49,54)(H,61,62)/t34-/m0/s1. The van der Waals surface area contributed by atoms with Gasteiger partial charge >= 0.3 is 29.8 Å². The highest BCUT2D eigenvalue weighted by Crippen LogP contribution is 2.13. The van der Waals surface area contributed by atoms with E-state index < -0.39 is 76.0 Å². The van der Waals surface area contributed by atoms with Gasteiger partial charge in [0.05, 0.1) is 59.2 Å². The van der Waals surface area contributed by atoms with Gasteiger partial charge in [0.2, 0.25) is 17.7 Å². The molecule has 22 heteroatoms. The predicted octanol–water partition coefficient (Wildman–Crippen LogP) is 0.580. The molecule has 0 aromatic rings. The molecule has 1 atom stereocenters. The molecular weight excluding hydrogens is 891 g/mol. The third kappa shape index (κ3) is 33.9. The van der Waals surface area contributed by atoms with Crippen LogP contribution in [0, 0.1) is 0 Å². The summed E-state index contributed by atoms with van der Waals surface area (Å²) in [5.74, 6) is -4.45. The molecule has 0 radical (unpaired) electrons. The van der Waals surface area contributed by atoms with Gasteiger partial charge in [-0.15, -0.1) is 0 Å². The molecule has 0 aliphatic carbocycles. The SMILES string of the molecule is CC(C)(C)OC(=O)CC[C@H](NC(=O)CCOCCOCCNC(=O)CNC(=O)CN1CCN(CC(=O)OC(C)(C)C)CCN(CC(=O)OC(C)(C)C)CCN(CC(=O)OC(C)(C)C)CC1)C(=O)O. The van der Waals surface area contributed by atoms with Gasteiger partial charge in [0, 0.05) is 71.7 Å². The highest BCUT2D eigenvalue weighted by molar-refractivity contribution is 5.85. The summed E-state index contributed by atoms with van der Waals surface area (Å²) in [6.07, 6.45) is -0.392. The Morgan fingerprint density at radius 2 is 0.824 bits per heavy atom. The monoisotopic (exact) mass is 974 g/mol. The van der Waals surface area contributed by atoms with E-state index in [0.29, 0.717) is 52.4 Å². The number of esters is 4. The molecule has 0 aromatic heterocycles. The van der Waals surface area contributed by atoms with E-state index in [-0.39, 0.29) is 85.0 Å². The molecule has 1 fully saturated rings. The second-order valence-corrected chi connectivity index (χ2v) is 20.5. The van der Waals surface area contributed by atoms with Crippen molar-refractivity contribution in [3.8, 4) is 0 Å². The Morgan fingerprint density at radius 1 is 0.456 bits per heavy atom. The van der Waals surface area contributed by atoms with E-state index in [1.54, 1.807) is 83.1 Å². The fourth-order valence-corrected chi connectivity index (χ4v) is 6.31. The fraction of sp³-hybridized carbons (Fsp3) is 0.826. The van der Waals surface area contributed by atoms with Crippen molar-refractivity contribution in [1.82, 2.24) is 35.6 Å². The maximum atomic E-state index is 13.2. The van der Waals surface area contributed by atoms with Crippen LogP contribution in [0.5, 0.6) is 0 Å². The lowest BCUT2D eigenvalue weighted by Crippen LogP contribution is -2.51. The quantitative estimate of drug-likeness (QED) is 0.0586. The number of rotatable bonds is 24. The minimum Gasteiger partial charge on any atom is -0.480 e. The molecule has 1 saturated heterocycles. The zero-order chi connectivity index (χ0) is 51.7. The summed E-state index contributed by atoms with van der Waals surface area (Å²) in [5.41, 5.74) is -2.78. The maximum absolute atomic E-state index is 13.2. The number of hydrogen-bond acceptors (Lipinski definition) is 18. The Kier molecular flexibility index (Phi) is 27.3. The first kappa shape index (κ1) is 61.5. The van der Waals surface area contributed by atoms with Crippen LogP contribution in [-0.2, 0) is 66.8 Å². The van der Waals surface area contributed by atoms with Crippen LogP contribution in [0.1, 0.15) is 102 Å². The van der Waals surface area contributed by atoms with E-state index in [0.717, 1.165) is 0 Å². The highest BCUT2D eigenvalue weighted by Gasteiger charge is 2.27. The van der Waals surface area contributed by atoms with Gasteiger partial charge in [0.1, 0.15) is 28.4 Å². The Labute approximate surface area is 403 Å². The summed E-state index contributed by atoms with van der Waals surface area (Å²) in [6, 6.07) is -1.25. The first-order valence-corrected chi connectivity index (χ1v) is 23.4. The number of amides is 3. The predicted molar refractivity (Wildman–Crippen MR) is 250 cm³/mol. The third-order valence-electron chi connectivity index (χ3n) is 9.17. The molecule has 3 amide bonds. The van der Waals surface area contributed by atoms with Crippen molar-refractivity contribution in [3.63, 3.8) is 0 Å². The largest absolute Gasteiger partial charge is 0.480 e. The van der Waals surface area contributed by atoms with Crippen molar-refractivity contribution < 1.29 is 71.9 Å². The normalized spacial score (nSPS) is 16.0. The number of carboxylic acids is 1. The van der Waals surface area contributed by atoms with Gasteiger partial charge in [-0.05, 0) is 89.5 Å². The van der Waals surface area contributed by atoms with Crippen LogP contribution < -0.4 is 16.0 Å². The third-order valence-corrected chi connectivity index (χ3v) is 9.17. The molecule has 4 N–H and O–H groups in total. The van der Waals surface area contributed by atoms with Crippen LogP contribution in [-0.4, -0.2) is 219 Å². The summed E-state index contributed by atoms with van der Waals surface area (Å²) < 4.78 is 32.9. The van der Waals surface area contributed by atoms with E-state index >= 15 is 0 Å². The van der Waals surface area contributed by atoms with Crippen molar-refractivity contribution in [3.05, 3.63) is 0 Å². The number of nitrogens with one attached hydrogen (secondary N) is 3. The van der Waals surface area contributed by atoms with Crippen molar-refractivity contribution >= 4 is 47.6 Å². The molecule has 22 nitrogen and oxygen atoms in total. The fourth-order valence-electron chi connectivity index (χ4n) is 6.31. The summed E-state index contributed by atoms with van der Waals surface area (Å²) in [7, 11) is 0. The van der Waals surface area contributed by atoms with Crippen LogP contribution in [0.2, 0.25) is 0 Å². The average Bonchev–Trinajstić information content (AvgIpc) is 3.15. The van der Waals surface area contributed by atoms with Crippen molar-refractivity contribution in [2.45, 2.75) is 131 Å². The lowest BCUT2D eigenvalue weighted by Gasteiger charge is -2.34. The van der Waals surface area contributed by atoms with Gasteiger partial charge < -0.3 is 49.5 Å². The molecular formula is C46H83N7O15. The zero-order valence-electron chi connectivity index (χ0n) is 42.9. The average molecular weight is 974 g/mol. The molecule has 0 saturated carbocycles. The number of aliphatic carboxylic acids is 1. The number of ether oxygens (including phenoxy) is 6. The topological polar surface area (TPSA) is 261 Å². The zero-order valence-corrected chi connectivity index (χ0v) is 42.9. The van der Waals surface area contributed by atoms with E-state index in [1.807, 2.05) is 19.6 Å². The lowest BCUT2D eigenvalue weighted by atomic mass is 10.1. The van der Waals surface area contributed by atoms with Crippen molar-refractivity contribution in [2.24, 2.45) is 0 Å². The molecule has 1 aliphatic rings. The Hall–Kier alpha value is -4.48. The molecule has 392 valence electrons. The van der Waals surface area contributed by atoms with Crippen LogP contribution in [0.4, 0.5) is 0 Å². The van der Waals surface area contributed by atoms with Gasteiger partial charge in [0.25, 0.3) is 0 Å². The number of carbonyl (C=O) groups is 8. The Morgan fingerprint density at radius 3 is 1.21 bits per heavy atom. The number of carboxylic acid groups (broad SMARTS) is 1. The van der Waals surface area contributed by atoms with Crippen LogP contribution in [0.25, 0.3) is 0 Å². The van der Waals surface area contributed by atoms with Gasteiger partial charge in [-0.25, -0.2) is 4.79 Å². The van der Waals surface area contributed by atoms with Gasteiger partial charge in [-0.2, -0.15) is 0 Å². The number of nitrogens with zero attached hydrogens (tertiary/aromatic N) is 4. The van der Waals surface area contributed by atoms with Crippen LogP contribution >= 0.6 is 0 Å². The van der Waals surface area contributed by atoms with E-state index in [9.17, 15) is 43.5 Å². The molecule has 1 rings (SSSR count). The molecule has 0 unspecified atom stereocenters. The second-order valence-electron chi connectivity index (χ2n) is 20.5.